The minimum absolute atomic E-state index is 0.452. The zero-order chi connectivity index (χ0) is 12.0. The van der Waals surface area contributed by atoms with Crippen LogP contribution in [0, 0.1) is 11.8 Å². The van der Waals surface area contributed by atoms with Crippen LogP contribution in [0.5, 0.6) is 0 Å². The quantitative estimate of drug-likeness (QED) is 0.660. The Labute approximate surface area is 94.2 Å². The van der Waals surface area contributed by atoms with Gasteiger partial charge in [0.2, 0.25) is 0 Å². The van der Waals surface area contributed by atoms with Crippen LogP contribution in [0.3, 0.4) is 0 Å². The summed E-state index contributed by atoms with van der Waals surface area (Å²) in [6.45, 7) is 0. The monoisotopic (exact) mass is 222 g/mol. The summed E-state index contributed by atoms with van der Waals surface area (Å²) in [6.07, 6.45) is 10.2. The Kier molecular flexibility index (Phi) is 4.51. The molecule has 4 heteroatoms. The summed E-state index contributed by atoms with van der Waals surface area (Å²) in [4.78, 5) is 23.0. The molecule has 0 heterocycles. The summed E-state index contributed by atoms with van der Waals surface area (Å²) in [7, 11) is 2.59. The summed E-state index contributed by atoms with van der Waals surface area (Å²) in [5.41, 5.74) is 0. The summed E-state index contributed by atoms with van der Waals surface area (Å²) >= 11 is 0. The molecule has 0 N–H and O–H groups in total. The highest BCUT2D eigenvalue weighted by atomic mass is 16.5. The smallest absolute Gasteiger partial charge is 0.313 e. The molecule has 0 bridgehead atoms. The maximum atomic E-state index is 11.5. The topological polar surface area (TPSA) is 52.6 Å². The molecule has 0 fully saturated rings. The Morgan fingerprint density at radius 2 is 1.19 bits per heavy atom. The second-order valence-corrected chi connectivity index (χ2v) is 3.25. The predicted molar refractivity (Wildman–Crippen MR) is 58.4 cm³/mol. The highest BCUT2D eigenvalue weighted by molar-refractivity contribution is 5.85. The summed E-state index contributed by atoms with van der Waals surface area (Å²) < 4.78 is 9.31. The van der Waals surface area contributed by atoms with Gasteiger partial charge >= 0.3 is 11.9 Å². The zero-order valence-corrected chi connectivity index (χ0v) is 9.25. The van der Waals surface area contributed by atoms with Gasteiger partial charge in [-0.15, -0.1) is 0 Å². The van der Waals surface area contributed by atoms with Crippen molar-refractivity contribution in [1.82, 2.24) is 0 Å². The van der Waals surface area contributed by atoms with Crippen LogP contribution >= 0.6 is 0 Å². The molecule has 0 amide bonds. The van der Waals surface area contributed by atoms with Gasteiger partial charge in [0.1, 0.15) is 0 Å². The van der Waals surface area contributed by atoms with Crippen LogP contribution in [-0.2, 0) is 19.1 Å². The van der Waals surface area contributed by atoms with Crippen molar-refractivity contribution < 1.29 is 19.1 Å². The van der Waals surface area contributed by atoms with Crippen molar-refractivity contribution >= 4 is 11.9 Å². The van der Waals surface area contributed by atoms with E-state index in [2.05, 4.69) is 9.47 Å². The minimum atomic E-state index is -0.640. The van der Waals surface area contributed by atoms with Gasteiger partial charge in [-0.3, -0.25) is 9.59 Å². The summed E-state index contributed by atoms with van der Waals surface area (Å²) in [5, 5.41) is 0. The van der Waals surface area contributed by atoms with Crippen molar-refractivity contribution in [1.29, 1.82) is 0 Å². The first-order chi connectivity index (χ1) is 7.70. The number of hydrogen-bond acceptors (Lipinski definition) is 4. The van der Waals surface area contributed by atoms with Crippen LogP contribution in [0.1, 0.15) is 0 Å². The first-order valence-corrected chi connectivity index (χ1v) is 4.88. The van der Waals surface area contributed by atoms with Crippen molar-refractivity contribution in [2.24, 2.45) is 11.8 Å². The molecule has 0 saturated heterocycles. The van der Waals surface area contributed by atoms with Gasteiger partial charge in [0, 0.05) is 0 Å². The van der Waals surface area contributed by atoms with Gasteiger partial charge in [0.05, 0.1) is 26.1 Å². The zero-order valence-electron chi connectivity index (χ0n) is 9.25. The van der Waals surface area contributed by atoms with E-state index in [1.54, 1.807) is 36.5 Å². The van der Waals surface area contributed by atoms with Crippen LogP contribution in [0.4, 0.5) is 0 Å². The van der Waals surface area contributed by atoms with E-state index < -0.39 is 23.8 Å². The van der Waals surface area contributed by atoms with Gasteiger partial charge in [-0.05, 0) is 0 Å². The third-order valence-corrected chi connectivity index (χ3v) is 2.30. The maximum absolute atomic E-state index is 11.5. The number of esters is 2. The number of methoxy groups -OCH3 is 2. The number of carbonyl (C=O) groups excluding carboxylic acids is 2. The molecule has 0 radical (unpaired) electrons. The van der Waals surface area contributed by atoms with Gasteiger partial charge in [0.15, 0.2) is 0 Å². The molecule has 1 aliphatic carbocycles. The van der Waals surface area contributed by atoms with Crippen LogP contribution in [0.2, 0.25) is 0 Å². The molecule has 0 aliphatic heterocycles. The third-order valence-electron chi connectivity index (χ3n) is 2.30. The Hall–Kier alpha value is -1.84. The normalized spacial score (nSPS) is 23.4. The van der Waals surface area contributed by atoms with E-state index in [1.807, 2.05) is 0 Å². The second kappa shape index (κ2) is 5.90. The Morgan fingerprint density at radius 1 is 0.812 bits per heavy atom. The molecular formula is C12H14O4. The molecule has 4 nitrogen and oxygen atoms in total. The average Bonchev–Trinajstić information content (AvgIpc) is 2.27. The van der Waals surface area contributed by atoms with E-state index in [0.29, 0.717) is 0 Å². The van der Waals surface area contributed by atoms with Gasteiger partial charge in [0.25, 0.3) is 0 Å². The number of allylic oxidation sites excluding steroid dienone is 4. The summed E-state index contributed by atoms with van der Waals surface area (Å²) in [6, 6.07) is 0. The van der Waals surface area contributed by atoms with Crippen molar-refractivity contribution in [3.63, 3.8) is 0 Å². The highest BCUT2D eigenvalue weighted by Crippen LogP contribution is 2.20. The fraction of sp³-hybridized carbons (Fsp3) is 0.333. The molecule has 1 rings (SSSR count). The Balaban J connectivity index is 3.01. The SMILES string of the molecule is COC(=O)[C@@H]1C=CC=CC=C[C@H]1C(=O)OC. The Morgan fingerprint density at radius 3 is 1.50 bits per heavy atom. The largest absolute Gasteiger partial charge is 0.469 e. The van der Waals surface area contributed by atoms with Gasteiger partial charge in [-0.1, -0.05) is 36.5 Å². The Bertz CT molecular complexity index is 318. The maximum Gasteiger partial charge on any atom is 0.313 e. The van der Waals surface area contributed by atoms with Crippen molar-refractivity contribution in [2.75, 3.05) is 14.2 Å². The second-order valence-electron chi connectivity index (χ2n) is 3.25. The molecule has 0 aromatic carbocycles. The molecule has 1 aliphatic rings. The molecule has 0 unspecified atom stereocenters. The van der Waals surface area contributed by atoms with E-state index >= 15 is 0 Å². The van der Waals surface area contributed by atoms with Crippen LogP contribution < -0.4 is 0 Å². The van der Waals surface area contributed by atoms with Gasteiger partial charge in [-0.2, -0.15) is 0 Å². The lowest BCUT2D eigenvalue weighted by atomic mass is 9.90. The number of carbonyl (C=O) groups is 2. The fourth-order valence-corrected chi connectivity index (χ4v) is 1.46. The molecule has 0 spiro atoms. The van der Waals surface area contributed by atoms with Crippen LogP contribution in [-0.4, -0.2) is 26.2 Å². The molecule has 0 aromatic heterocycles. The lowest BCUT2D eigenvalue weighted by molar-refractivity contribution is -0.153. The highest BCUT2D eigenvalue weighted by Gasteiger charge is 2.31. The number of rotatable bonds is 2. The fourth-order valence-electron chi connectivity index (χ4n) is 1.46. The van der Waals surface area contributed by atoms with Crippen LogP contribution in [0.15, 0.2) is 36.5 Å². The third kappa shape index (κ3) is 2.82. The van der Waals surface area contributed by atoms with E-state index in [1.165, 1.54) is 14.2 Å². The predicted octanol–water partition coefficient (Wildman–Crippen LogP) is 1.25. The lowest BCUT2D eigenvalue weighted by Gasteiger charge is -2.17. The molecular weight excluding hydrogens is 208 g/mol. The first kappa shape index (κ1) is 12.2. The van der Waals surface area contributed by atoms with E-state index in [0.717, 1.165) is 0 Å². The van der Waals surface area contributed by atoms with Crippen LogP contribution in [0.25, 0.3) is 0 Å². The first-order valence-electron chi connectivity index (χ1n) is 4.88. The average molecular weight is 222 g/mol. The number of hydrogen-bond donors (Lipinski definition) is 0. The van der Waals surface area contributed by atoms with Gasteiger partial charge in [-0.25, -0.2) is 0 Å². The molecule has 2 atom stereocenters. The standard InChI is InChI=1S/C12H14O4/c1-15-11(13)9-7-5-3-4-6-8-10(9)12(14)16-2/h3-10H,1-2H3/t9-,10-/m1/s1. The van der Waals surface area contributed by atoms with E-state index in [9.17, 15) is 9.59 Å². The molecule has 0 saturated carbocycles. The van der Waals surface area contributed by atoms with Crippen molar-refractivity contribution in [3.8, 4) is 0 Å². The summed E-state index contributed by atoms with van der Waals surface area (Å²) in [5.74, 6) is -2.18. The van der Waals surface area contributed by atoms with E-state index in [-0.39, 0.29) is 0 Å². The van der Waals surface area contributed by atoms with E-state index in [4.69, 9.17) is 0 Å². The number of ether oxygens (including phenoxy) is 2. The van der Waals surface area contributed by atoms with Crippen molar-refractivity contribution in [3.05, 3.63) is 36.5 Å². The molecule has 0 aromatic rings. The molecule has 16 heavy (non-hydrogen) atoms. The minimum Gasteiger partial charge on any atom is -0.469 e. The van der Waals surface area contributed by atoms with Crippen molar-refractivity contribution in [2.45, 2.75) is 0 Å². The lowest BCUT2D eigenvalue weighted by Crippen LogP contribution is -2.29. The van der Waals surface area contributed by atoms with Gasteiger partial charge < -0.3 is 9.47 Å². The molecule has 86 valence electrons.